The van der Waals surface area contributed by atoms with Gasteiger partial charge in [-0.15, -0.1) is 0 Å². The summed E-state index contributed by atoms with van der Waals surface area (Å²) in [4.78, 5) is 4.52. The number of halogens is 1. The second-order valence-corrected chi connectivity index (χ2v) is 6.39. The van der Waals surface area contributed by atoms with Crippen molar-refractivity contribution in [3.05, 3.63) is 23.0 Å². The average molecular weight is 311 g/mol. The third-order valence-electron chi connectivity index (χ3n) is 4.17. The standard InChI is InChI=1S/C18H31ClN2/c1-3-5-7-8-10-12-15(11-9-6-4-2)18-17(20)16(19)13-14-21-18/h13-15H,3-12,20H2,1-2H3. The van der Waals surface area contributed by atoms with E-state index in [2.05, 4.69) is 18.8 Å². The Balaban J connectivity index is 2.60. The second-order valence-electron chi connectivity index (χ2n) is 5.99. The molecular formula is C18H31ClN2. The molecule has 1 heterocycles. The summed E-state index contributed by atoms with van der Waals surface area (Å²) in [6.07, 6.45) is 14.5. The normalized spacial score (nSPS) is 12.5. The summed E-state index contributed by atoms with van der Waals surface area (Å²) in [6, 6.07) is 1.78. The monoisotopic (exact) mass is 310 g/mol. The highest BCUT2D eigenvalue weighted by Gasteiger charge is 2.17. The highest BCUT2D eigenvalue weighted by molar-refractivity contribution is 6.33. The molecule has 2 nitrogen and oxygen atoms in total. The quantitative estimate of drug-likeness (QED) is 0.484. The largest absolute Gasteiger partial charge is 0.396 e. The number of nitrogens with zero attached hydrogens (tertiary/aromatic N) is 1. The van der Waals surface area contributed by atoms with Crippen LogP contribution in [0.4, 0.5) is 5.69 Å². The number of rotatable bonds is 11. The van der Waals surface area contributed by atoms with Crippen LogP contribution in [0.3, 0.4) is 0 Å². The molecule has 0 aliphatic rings. The Morgan fingerprint density at radius 1 is 1.00 bits per heavy atom. The first-order chi connectivity index (χ1) is 10.2. The van der Waals surface area contributed by atoms with Crippen LogP contribution in [0.1, 0.15) is 89.7 Å². The molecule has 2 N–H and O–H groups in total. The first kappa shape index (κ1) is 18.3. The van der Waals surface area contributed by atoms with E-state index in [0.29, 0.717) is 16.6 Å². The highest BCUT2D eigenvalue weighted by Crippen LogP contribution is 2.33. The van der Waals surface area contributed by atoms with Crippen molar-refractivity contribution in [2.45, 2.75) is 84.0 Å². The van der Waals surface area contributed by atoms with Crippen molar-refractivity contribution in [2.75, 3.05) is 5.73 Å². The van der Waals surface area contributed by atoms with E-state index in [1.165, 1.54) is 64.2 Å². The van der Waals surface area contributed by atoms with Crippen molar-refractivity contribution in [1.29, 1.82) is 0 Å². The summed E-state index contributed by atoms with van der Waals surface area (Å²) in [6.45, 7) is 4.50. The van der Waals surface area contributed by atoms with E-state index >= 15 is 0 Å². The van der Waals surface area contributed by atoms with Crippen molar-refractivity contribution >= 4 is 17.3 Å². The number of pyridine rings is 1. The lowest BCUT2D eigenvalue weighted by Gasteiger charge is -2.18. The van der Waals surface area contributed by atoms with Gasteiger partial charge in [0.15, 0.2) is 0 Å². The van der Waals surface area contributed by atoms with E-state index < -0.39 is 0 Å². The van der Waals surface area contributed by atoms with E-state index in [0.717, 1.165) is 5.69 Å². The van der Waals surface area contributed by atoms with Crippen LogP contribution in [-0.4, -0.2) is 4.98 Å². The number of nitrogens with two attached hydrogens (primary N) is 1. The summed E-state index contributed by atoms with van der Waals surface area (Å²) in [5.74, 6) is 0.469. The van der Waals surface area contributed by atoms with Crippen LogP contribution in [0.25, 0.3) is 0 Å². The molecule has 0 aromatic carbocycles. The Bertz CT molecular complexity index is 393. The number of hydrogen-bond donors (Lipinski definition) is 1. The maximum Gasteiger partial charge on any atom is 0.0725 e. The fourth-order valence-corrected chi connectivity index (χ4v) is 3.00. The van der Waals surface area contributed by atoms with Gasteiger partial charge < -0.3 is 5.73 Å². The van der Waals surface area contributed by atoms with Crippen LogP contribution in [0.2, 0.25) is 5.02 Å². The van der Waals surface area contributed by atoms with Crippen LogP contribution in [0.15, 0.2) is 12.3 Å². The summed E-state index contributed by atoms with van der Waals surface area (Å²) in [5, 5.41) is 0.645. The fraction of sp³-hybridized carbons (Fsp3) is 0.722. The summed E-state index contributed by atoms with van der Waals surface area (Å²) >= 11 is 6.16. The molecule has 0 spiro atoms. The van der Waals surface area contributed by atoms with Gasteiger partial charge in [-0.1, -0.05) is 76.8 Å². The topological polar surface area (TPSA) is 38.9 Å². The van der Waals surface area contributed by atoms with Crippen LogP contribution in [0.5, 0.6) is 0 Å². The van der Waals surface area contributed by atoms with Crippen LogP contribution < -0.4 is 5.73 Å². The van der Waals surface area contributed by atoms with E-state index in [-0.39, 0.29) is 0 Å². The molecule has 0 aliphatic carbocycles. The Kier molecular flexibility index (Phi) is 9.49. The van der Waals surface area contributed by atoms with Crippen molar-refractivity contribution in [2.24, 2.45) is 0 Å². The summed E-state index contributed by atoms with van der Waals surface area (Å²) in [7, 11) is 0. The molecule has 1 aromatic rings. The Morgan fingerprint density at radius 3 is 2.24 bits per heavy atom. The number of anilines is 1. The van der Waals surface area contributed by atoms with Gasteiger partial charge in [-0.25, -0.2) is 0 Å². The lowest BCUT2D eigenvalue weighted by Crippen LogP contribution is -2.07. The average Bonchev–Trinajstić information content (AvgIpc) is 2.48. The predicted octanol–water partition coefficient (Wildman–Crippen LogP) is 6.34. The number of nitrogen functional groups attached to an aromatic ring is 1. The third-order valence-corrected chi connectivity index (χ3v) is 4.50. The number of unbranched alkanes of at least 4 members (excludes halogenated alkanes) is 6. The molecule has 0 amide bonds. The summed E-state index contributed by atoms with van der Waals surface area (Å²) in [5.41, 5.74) is 7.86. The Hall–Kier alpha value is -0.760. The van der Waals surface area contributed by atoms with Gasteiger partial charge in [-0.3, -0.25) is 4.98 Å². The van der Waals surface area contributed by atoms with E-state index in [9.17, 15) is 0 Å². The molecule has 3 heteroatoms. The molecule has 0 radical (unpaired) electrons. The van der Waals surface area contributed by atoms with Crippen LogP contribution in [-0.2, 0) is 0 Å². The number of aromatic nitrogens is 1. The molecule has 21 heavy (non-hydrogen) atoms. The minimum absolute atomic E-state index is 0.469. The van der Waals surface area contributed by atoms with E-state index in [4.69, 9.17) is 17.3 Å². The molecule has 1 atom stereocenters. The molecular weight excluding hydrogens is 280 g/mol. The minimum Gasteiger partial charge on any atom is -0.396 e. The van der Waals surface area contributed by atoms with Gasteiger partial charge in [-0.2, -0.15) is 0 Å². The molecule has 0 aliphatic heterocycles. The fourth-order valence-electron chi connectivity index (χ4n) is 2.84. The molecule has 1 rings (SSSR count). The van der Waals surface area contributed by atoms with Gasteiger partial charge in [0.2, 0.25) is 0 Å². The Morgan fingerprint density at radius 2 is 1.57 bits per heavy atom. The molecule has 0 saturated heterocycles. The zero-order valence-corrected chi connectivity index (χ0v) is 14.5. The molecule has 0 fully saturated rings. The zero-order chi connectivity index (χ0) is 15.5. The third kappa shape index (κ3) is 6.69. The van der Waals surface area contributed by atoms with Crippen molar-refractivity contribution in [1.82, 2.24) is 4.98 Å². The van der Waals surface area contributed by atoms with Gasteiger partial charge in [0, 0.05) is 12.1 Å². The van der Waals surface area contributed by atoms with Gasteiger partial charge >= 0.3 is 0 Å². The maximum atomic E-state index is 6.16. The molecule has 120 valence electrons. The smallest absolute Gasteiger partial charge is 0.0725 e. The van der Waals surface area contributed by atoms with E-state index in [1.807, 2.05) is 0 Å². The molecule has 1 aromatic heterocycles. The number of hydrogen-bond acceptors (Lipinski definition) is 2. The van der Waals surface area contributed by atoms with Gasteiger partial charge in [0.25, 0.3) is 0 Å². The van der Waals surface area contributed by atoms with Crippen LogP contribution in [0, 0.1) is 0 Å². The second kappa shape index (κ2) is 10.9. The first-order valence-electron chi connectivity index (χ1n) is 8.60. The summed E-state index contributed by atoms with van der Waals surface area (Å²) < 4.78 is 0. The molecule has 0 saturated carbocycles. The van der Waals surface area contributed by atoms with Crippen molar-refractivity contribution < 1.29 is 0 Å². The molecule has 0 bridgehead atoms. The molecule has 1 unspecified atom stereocenters. The van der Waals surface area contributed by atoms with Crippen LogP contribution >= 0.6 is 11.6 Å². The lowest BCUT2D eigenvalue weighted by atomic mass is 9.90. The lowest BCUT2D eigenvalue weighted by molar-refractivity contribution is 0.491. The van der Waals surface area contributed by atoms with Crippen molar-refractivity contribution in [3.8, 4) is 0 Å². The zero-order valence-electron chi connectivity index (χ0n) is 13.7. The van der Waals surface area contributed by atoms with E-state index in [1.54, 1.807) is 12.3 Å². The SMILES string of the molecule is CCCCCCCC(CCCCC)c1nccc(Cl)c1N. The van der Waals surface area contributed by atoms with Gasteiger partial charge in [-0.05, 0) is 18.9 Å². The van der Waals surface area contributed by atoms with Gasteiger partial charge in [0.05, 0.1) is 16.4 Å². The van der Waals surface area contributed by atoms with Crippen molar-refractivity contribution in [3.63, 3.8) is 0 Å². The van der Waals surface area contributed by atoms with Gasteiger partial charge in [0.1, 0.15) is 0 Å². The maximum absolute atomic E-state index is 6.16. The Labute approximate surface area is 135 Å². The minimum atomic E-state index is 0.469. The predicted molar refractivity (Wildman–Crippen MR) is 93.9 cm³/mol. The first-order valence-corrected chi connectivity index (χ1v) is 8.98. The highest BCUT2D eigenvalue weighted by atomic mass is 35.5.